The number of carbonyl (C=O) groups excluding carboxylic acids is 1. The van der Waals surface area contributed by atoms with E-state index in [1.54, 1.807) is 4.90 Å². The zero-order valence-electron chi connectivity index (χ0n) is 12.3. The number of rotatable bonds is 4. The molecule has 114 valence electrons. The third-order valence-electron chi connectivity index (χ3n) is 4.23. The third kappa shape index (κ3) is 3.42. The Morgan fingerprint density at radius 1 is 1.35 bits per heavy atom. The monoisotopic (exact) mass is 284 g/mol. The normalized spacial score (nSPS) is 25.2. The van der Waals surface area contributed by atoms with E-state index in [0.29, 0.717) is 19.0 Å². The summed E-state index contributed by atoms with van der Waals surface area (Å²) in [4.78, 5) is 26.5. The molecule has 0 radical (unpaired) electrons. The molecule has 0 aromatic heterocycles. The van der Waals surface area contributed by atoms with Crippen LogP contribution in [0.4, 0.5) is 4.79 Å². The molecule has 2 aliphatic rings. The predicted molar refractivity (Wildman–Crippen MR) is 73.5 cm³/mol. The summed E-state index contributed by atoms with van der Waals surface area (Å²) in [7, 11) is 0. The van der Waals surface area contributed by atoms with E-state index >= 15 is 0 Å². The van der Waals surface area contributed by atoms with E-state index in [1.165, 1.54) is 6.42 Å². The minimum atomic E-state index is -0.974. The van der Waals surface area contributed by atoms with Crippen molar-refractivity contribution in [3.05, 3.63) is 0 Å². The number of aliphatic carboxylic acids is 1. The molecule has 0 aromatic rings. The number of hydrogen-bond donors (Lipinski definition) is 1. The van der Waals surface area contributed by atoms with E-state index in [-0.39, 0.29) is 12.6 Å². The van der Waals surface area contributed by atoms with Crippen LogP contribution in [0.3, 0.4) is 0 Å². The molecular weight excluding hydrogens is 260 g/mol. The van der Waals surface area contributed by atoms with Gasteiger partial charge in [0.05, 0.1) is 13.1 Å². The highest BCUT2D eigenvalue weighted by atomic mass is 16.5. The van der Waals surface area contributed by atoms with Crippen LogP contribution in [-0.2, 0) is 9.53 Å². The van der Waals surface area contributed by atoms with Gasteiger partial charge in [-0.3, -0.25) is 0 Å². The van der Waals surface area contributed by atoms with Crippen molar-refractivity contribution in [1.82, 2.24) is 9.80 Å². The highest BCUT2D eigenvalue weighted by molar-refractivity contribution is 5.76. The second kappa shape index (κ2) is 5.99. The lowest BCUT2D eigenvalue weighted by molar-refractivity contribution is -0.160. The topological polar surface area (TPSA) is 70.1 Å². The van der Waals surface area contributed by atoms with Gasteiger partial charge in [0, 0.05) is 13.1 Å². The Kier molecular flexibility index (Phi) is 4.52. The number of carboxylic acid groups (broad SMARTS) is 1. The number of carbonyl (C=O) groups is 2. The molecular formula is C14H24N2O4. The number of ether oxygens (including phenoxy) is 1. The average Bonchev–Trinajstić information content (AvgIpc) is 2.41. The first-order valence-electron chi connectivity index (χ1n) is 7.33. The number of carboxylic acids is 1. The molecule has 0 spiro atoms. The first-order chi connectivity index (χ1) is 9.43. The number of likely N-dealkylation sites (tertiary alicyclic amines) is 2. The van der Waals surface area contributed by atoms with Crippen molar-refractivity contribution in [1.29, 1.82) is 0 Å². The van der Waals surface area contributed by atoms with Crippen molar-refractivity contribution >= 4 is 12.0 Å². The zero-order chi connectivity index (χ0) is 14.8. The van der Waals surface area contributed by atoms with E-state index in [9.17, 15) is 9.59 Å². The van der Waals surface area contributed by atoms with Gasteiger partial charge in [0.15, 0.2) is 0 Å². The molecule has 0 aromatic carbocycles. The molecule has 2 rings (SSSR count). The maximum absolute atomic E-state index is 12.3. The van der Waals surface area contributed by atoms with Crippen molar-refractivity contribution < 1.29 is 19.4 Å². The third-order valence-corrected chi connectivity index (χ3v) is 4.23. The SMILES string of the molecule is CCC1CCCN(C(=O)N2CC(C)(OCC(=O)O)C2)C1. The molecule has 2 amide bonds. The molecule has 6 nitrogen and oxygen atoms in total. The van der Waals surface area contributed by atoms with Crippen molar-refractivity contribution in [2.75, 3.05) is 32.8 Å². The molecule has 20 heavy (non-hydrogen) atoms. The minimum Gasteiger partial charge on any atom is -0.480 e. The van der Waals surface area contributed by atoms with Crippen molar-refractivity contribution in [2.24, 2.45) is 5.92 Å². The van der Waals surface area contributed by atoms with E-state index in [0.717, 1.165) is 25.9 Å². The van der Waals surface area contributed by atoms with Gasteiger partial charge < -0.3 is 19.6 Å². The molecule has 2 fully saturated rings. The van der Waals surface area contributed by atoms with Gasteiger partial charge >= 0.3 is 12.0 Å². The van der Waals surface area contributed by atoms with Gasteiger partial charge in [-0.05, 0) is 25.7 Å². The Morgan fingerprint density at radius 3 is 2.65 bits per heavy atom. The van der Waals surface area contributed by atoms with Gasteiger partial charge in [-0.2, -0.15) is 0 Å². The first kappa shape index (κ1) is 15.1. The molecule has 2 aliphatic heterocycles. The number of nitrogens with zero attached hydrogens (tertiary/aromatic N) is 2. The van der Waals surface area contributed by atoms with Crippen LogP contribution in [0.25, 0.3) is 0 Å². The largest absolute Gasteiger partial charge is 0.480 e. The molecule has 0 saturated carbocycles. The minimum absolute atomic E-state index is 0.0690. The number of urea groups is 1. The maximum Gasteiger partial charge on any atom is 0.329 e. The molecule has 1 unspecified atom stereocenters. The van der Waals surface area contributed by atoms with Crippen LogP contribution in [0.2, 0.25) is 0 Å². The van der Waals surface area contributed by atoms with Gasteiger partial charge in [-0.15, -0.1) is 0 Å². The van der Waals surface area contributed by atoms with E-state index in [4.69, 9.17) is 9.84 Å². The Morgan fingerprint density at radius 2 is 2.05 bits per heavy atom. The van der Waals surface area contributed by atoms with Crippen LogP contribution >= 0.6 is 0 Å². The second-order valence-corrected chi connectivity index (χ2v) is 6.13. The van der Waals surface area contributed by atoms with Crippen molar-refractivity contribution in [2.45, 2.75) is 38.7 Å². The smallest absolute Gasteiger partial charge is 0.329 e. The zero-order valence-corrected chi connectivity index (χ0v) is 12.3. The molecule has 1 atom stereocenters. The lowest BCUT2D eigenvalue weighted by atomic mass is 9.94. The van der Waals surface area contributed by atoms with E-state index in [2.05, 4.69) is 6.92 Å². The lowest BCUT2D eigenvalue weighted by Crippen LogP contribution is -2.66. The summed E-state index contributed by atoms with van der Waals surface area (Å²) in [6.07, 6.45) is 3.40. The maximum atomic E-state index is 12.3. The lowest BCUT2D eigenvalue weighted by Gasteiger charge is -2.49. The quantitative estimate of drug-likeness (QED) is 0.847. The predicted octanol–water partition coefficient (Wildman–Crippen LogP) is 1.40. The summed E-state index contributed by atoms with van der Waals surface area (Å²) in [5, 5.41) is 8.62. The summed E-state index contributed by atoms with van der Waals surface area (Å²) in [6, 6.07) is 0.0690. The standard InChI is InChI=1S/C14H24N2O4/c1-3-11-5-4-6-15(7-11)13(19)16-9-14(2,10-16)20-8-12(17)18/h11H,3-10H2,1-2H3,(H,17,18). The first-order valence-corrected chi connectivity index (χ1v) is 7.33. The molecule has 2 heterocycles. The Labute approximate surface area is 119 Å². The highest BCUT2D eigenvalue weighted by Gasteiger charge is 2.44. The van der Waals surface area contributed by atoms with Gasteiger partial charge in [-0.1, -0.05) is 13.3 Å². The number of hydrogen-bond acceptors (Lipinski definition) is 3. The molecule has 1 N–H and O–H groups in total. The van der Waals surface area contributed by atoms with E-state index < -0.39 is 11.6 Å². The van der Waals surface area contributed by atoms with Gasteiger partial charge in [0.2, 0.25) is 0 Å². The fourth-order valence-electron chi connectivity index (χ4n) is 3.00. The van der Waals surface area contributed by atoms with Gasteiger partial charge in [-0.25, -0.2) is 9.59 Å². The number of amides is 2. The summed E-state index contributed by atoms with van der Waals surface area (Å²) < 4.78 is 5.32. The summed E-state index contributed by atoms with van der Waals surface area (Å²) in [5.74, 6) is -0.360. The Hall–Kier alpha value is -1.30. The Balaban J connectivity index is 1.79. The number of piperidine rings is 1. The van der Waals surface area contributed by atoms with E-state index in [1.807, 2.05) is 11.8 Å². The van der Waals surface area contributed by atoms with Crippen LogP contribution in [0, 0.1) is 5.92 Å². The van der Waals surface area contributed by atoms with Gasteiger partial charge in [0.1, 0.15) is 12.2 Å². The fraction of sp³-hybridized carbons (Fsp3) is 0.857. The molecule has 2 saturated heterocycles. The Bertz CT molecular complexity index is 379. The summed E-state index contributed by atoms with van der Waals surface area (Å²) in [5.41, 5.74) is -0.506. The van der Waals surface area contributed by atoms with Crippen LogP contribution in [-0.4, -0.2) is 65.3 Å². The summed E-state index contributed by atoms with van der Waals surface area (Å²) in [6.45, 7) is 6.35. The van der Waals surface area contributed by atoms with Crippen molar-refractivity contribution in [3.8, 4) is 0 Å². The molecule has 0 aliphatic carbocycles. The van der Waals surface area contributed by atoms with Crippen LogP contribution in [0.15, 0.2) is 0 Å². The molecule has 0 bridgehead atoms. The second-order valence-electron chi connectivity index (χ2n) is 6.13. The van der Waals surface area contributed by atoms with Crippen LogP contribution in [0.1, 0.15) is 33.1 Å². The van der Waals surface area contributed by atoms with Crippen LogP contribution in [0.5, 0.6) is 0 Å². The fourth-order valence-corrected chi connectivity index (χ4v) is 3.00. The summed E-state index contributed by atoms with van der Waals surface area (Å²) >= 11 is 0. The average molecular weight is 284 g/mol. The van der Waals surface area contributed by atoms with Crippen LogP contribution < -0.4 is 0 Å². The van der Waals surface area contributed by atoms with Crippen molar-refractivity contribution in [3.63, 3.8) is 0 Å². The highest BCUT2D eigenvalue weighted by Crippen LogP contribution is 2.27. The molecule has 6 heteroatoms. The van der Waals surface area contributed by atoms with Gasteiger partial charge in [0.25, 0.3) is 0 Å².